The van der Waals surface area contributed by atoms with Crippen LogP contribution in [0, 0.1) is 0 Å². The largest absolute Gasteiger partial charge is 0.352 e. The highest BCUT2D eigenvalue weighted by Crippen LogP contribution is 2.24. The average Bonchev–Trinajstić information content (AvgIpc) is 3.42. The third kappa shape index (κ3) is 4.15. The Morgan fingerprint density at radius 3 is 2.77 bits per heavy atom. The fourth-order valence-electron chi connectivity index (χ4n) is 3.46. The van der Waals surface area contributed by atoms with Crippen molar-refractivity contribution in [3.63, 3.8) is 0 Å². The van der Waals surface area contributed by atoms with E-state index in [0.29, 0.717) is 24.3 Å². The number of thioether (sulfide) groups is 1. The lowest BCUT2D eigenvalue weighted by atomic mass is 10.1. The predicted molar refractivity (Wildman–Crippen MR) is 121 cm³/mol. The second kappa shape index (κ2) is 8.61. The molecule has 0 atom stereocenters. The number of nitrogens with one attached hydrogen (secondary N) is 2. The second-order valence-corrected chi connectivity index (χ2v) is 8.02. The van der Waals surface area contributed by atoms with Crippen LogP contribution in [0.25, 0.3) is 16.7 Å². The Hall–Kier alpha value is -3.65. The van der Waals surface area contributed by atoms with Crippen LogP contribution in [0.5, 0.6) is 0 Å². The molecule has 0 aliphatic heterocycles. The van der Waals surface area contributed by atoms with E-state index in [1.807, 2.05) is 77.3 Å². The van der Waals surface area contributed by atoms with E-state index >= 15 is 0 Å². The van der Waals surface area contributed by atoms with Crippen LogP contribution in [-0.4, -0.2) is 37.0 Å². The molecule has 0 saturated carbocycles. The Kier molecular flexibility index (Phi) is 5.37. The zero-order valence-electron chi connectivity index (χ0n) is 16.7. The van der Waals surface area contributed by atoms with Gasteiger partial charge in [-0.05, 0) is 35.9 Å². The number of aromatic nitrogens is 5. The molecule has 0 aliphatic carbocycles. The zero-order chi connectivity index (χ0) is 21.0. The number of para-hydroxylation sites is 2. The van der Waals surface area contributed by atoms with Gasteiger partial charge in [0.05, 0.1) is 11.0 Å². The molecule has 7 nitrogen and oxygen atoms in total. The minimum atomic E-state index is -0.0883. The summed E-state index contributed by atoms with van der Waals surface area (Å²) in [5.41, 5.74) is 4.40. The highest BCUT2D eigenvalue weighted by molar-refractivity contribution is 7.98. The molecular formula is C23H20N6OS. The topological polar surface area (TPSA) is 88.0 Å². The van der Waals surface area contributed by atoms with Gasteiger partial charge in [-0.2, -0.15) is 0 Å². The molecule has 0 radical (unpaired) electrons. The van der Waals surface area contributed by atoms with Gasteiger partial charge >= 0.3 is 0 Å². The van der Waals surface area contributed by atoms with Gasteiger partial charge in [-0.3, -0.25) is 9.20 Å². The van der Waals surface area contributed by atoms with E-state index in [1.54, 1.807) is 11.8 Å². The van der Waals surface area contributed by atoms with E-state index in [0.717, 1.165) is 33.2 Å². The smallest absolute Gasteiger partial charge is 0.251 e. The standard InChI is InChI=1S/C23H20N6OS/c30-22(24-13-12-21-28-27-20-11-5-6-14-29(20)21)17-8-2-1-7-16(17)15-31-23-25-18-9-3-4-10-19(18)26-23/h1-11,14H,12-13,15H2,(H,24,30)(H,25,26). The maximum atomic E-state index is 12.8. The van der Waals surface area contributed by atoms with Gasteiger partial charge in [0.15, 0.2) is 10.8 Å². The van der Waals surface area contributed by atoms with Crippen molar-refractivity contribution < 1.29 is 4.79 Å². The minimum absolute atomic E-state index is 0.0883. The maximum Gasteiger partial charge on any atom is 0.251 e. The number of carbonyl (C=O) groups is 1. The van der Waals surface area contributed by atoms with Crippen molar-refractivity contribution in [2.75, 3.05) is 6.54 Å². The highest BCUT2D eigenvalue weighted by Gasteiger charge is 2.13. The fourth-order valence-corrected chi connectivity index (χ4v) is 4.34. The quantitative estimate of drug-likeness (QED) is 0.384. The first-order chi connectivity index (χ1) is 15.3. The second-order valence-electron chi connectivity index (χ2n) is 7.06. The number of H-pyrrole nitrogens is 1. The van der Waals surface area contributed by atoms with Gasteiger partial charge in [0.2, 0.25) is 0 Å². The van der Waals surface area contributed by atoms with Gasteiger partial charge in [-0.1, -0.05) is 48.2 Å². The van der Waals surface area contributed by atoms with Crippen molar-refractivity contribution in [1.82, 2.24) is 29.9 Å². The molecule has 0 aliphatic rings. The third-order valence-corrected chi connectivity index (χ3v) is 5.93. The Bertz CT molecular complexity index is 1330. The normalized spacial score (nSPS) is 11.2. The van der Waals surface area contributed by atoms with Crippen LogP contribution in [-0.2, 0) is 12.2 Å². The highest BCUT2D eigenvalue weighted by atomic mass is 32.2. The summed E-state index contributed by atoms with van der Waals surface area (Å²) in [6.07, 6.45) is 2.53. The first kappa shape index (κ1) is 19.3. The lowest BCUT2D eigenvalue weighted by molar-refractivity contribution is 0.0953. The third-order valence-electron chi connectivity index (χ3n) is 5.01. The van der Waals surface area contributed by atoms with Gasteiger partial charge in [0.1, 0.15) is 5.82 Å². The first-order valence-corrected chi connectivity index (χ1v) is 11.0. The maximum absolute atomic E-state index is 12.8. The van der Waals surface area contributed by atoms with E-state index in [1.165, 1.54) is 0 Å². The summed E-state index contributed by atoms with van der Waals surface area (Å²) in [6.45, 7) is 0.486. The number of fused-ring (bicyclic) bond motifs is 2. The molecule has 3 aromatic heterocycles. The molecule has 3 heterocycles. The zero-order valence-corrected chi connectivity index (χ0v) is 17.5. The summed E-state index contributed by atoms with van der Waals surface area (Å²) in [4.78, 5) is 20.7. The first-order valence-electron chi connectivity index (χ1n) is 10.0. The molecule has 0 spiro atoms. The van der Waals surface area contributed by atoms with Crippen molar-refractivity contribution in [2.45, 2.75) is 17.3 Å². The summed E-state index contributed by atoms with van der Waals surface area (Å²) in [6, 6.07) is 21.4. The number of aromatic amines is 1. The molecule has 31 heavy (non-hydrogen) atoms. The Balaban J connectivity index is 1.23. The number of imidazole rings is 1. The number of hydrogen-bond acceptors (Lipinski definition) is 5. The average molecular weight is 429 g/mol. The molecule has 154 valence electrons. The van der Waals surface area contributed by atoms with E-state index < -0.39 is 0 Å². The molecule has 5 rings (SSSR count). The van der Waals surface area contributed by atoms with E-state index in [2.05, 4.69) is 25.5 Å². The molecule has 2 aromatic carbocycles. The van der Waals surface area contributed by atoms with Crippen molar-refractivity contribution in [2.24, 2.45) is 0 Å². The number of carbonyl (C=O) groups excluding carboxylic acids is 1. The SMILES string of the molecule is O=C(NCCc1nnc2ccccn12)c1ccccc1CSc1nc2ccccc2[nH]1. The number of benzene rings is 2. The van der Waals surface area contributed by atoms with Crippen LogP contribution in [0.3, 0.4) is 0 Å². The van der Waals surface area contributed by atoms with Crippen LogP contribution in [0.15, 0.2) is 78.1 Å². The van der Waals surface area contributed by atoms with Crippen molar-refractivity contribution in [3.8, 4) is 0 Å². The molecule has 0 unspecified atom stereocenters. The van der Waals surface area contributed by atoms with Crippen LogP contribution in [0.1, 0.15) is 21.7 Å². The predicted octanol–water partition coefficient (Wildman–Crippen LogP) is 3.87. The molecule has 0 bridgehead atoms. The van der Waals surface area contributed by atoms with Crippen LogP contribution < -0.4 is 5.32 Å². The molecule has 1 amide bonds. The van der Waals surface area contributed by atoms with E-state index in [9.17, 15) is 4.79 Å². The lowest BCUT2D eigenvalue weighted by Crippen LogP contribution is -2.27. The summed E-state index contributed by atoms with van der Waals surface area (Å²) in [7, 11) is 0. The summed E-state index contributed by atoms with van der Waals surface area (Å²) < 4.78 is 1.93. The van der Waals surface area contributed by atoms with Gasteiger partial charge in [0.25, 0.3) is 5.91 Å². The number of nitrogens with zero attached hydrogens (tertiary/aromatic N) is 4. The van der Waals surface area contributed by atoms with E-state index in [4.69, 9.17) is 0 Å². The van der Waals surface area contributed by atoms with Gasteiger partial charge < -0.3 is 10.3 Å². The van der Waals surface area contributed by atoms with Gasteiger partial charge in [-0.15, -0.1) is 10.2 Å². The van der Waals surface area contributed by atoms with Crippen LogP contribution >= 0.6 is 11.8 Å². The molecule has 2 N–H and O–H groups in total. The lowest BCUT2D eigenvalue weighted by Gasteiger charge is -2.09. The monoisotopic (exact) mass is 428 g/mol. The van der Waals surface area contributed by atoms with Crippen molar-refractivity contribution in [1.29, 1.82) is 0 Å². The molecular weight excluding hydrogens is 408 g/mol. The summed E-state index contributed by atoms with van der Waals surface area (Å²) in [5.74, 6) is 1.39. The summed E-state index contributed by atoms with van der Waals surface area (Å²) >= 11 is 1.59. The van der Waals surface area contributed by atoms with Crippen molar-refractivity contribution in [3.05, 3.63) is 89.9 Å². The molecule has 8 heteroatoms. The number of amides is 1. The Morgan fingerprint density at radius 2 is 1.84 bits per heavy atom. The molecule has 0 fully saturated rings. The fraction of sp³-hybridized carbons (Fsp3) is 0.130. The number of pyridine rings is 1. The van der Waals surface area contributed by atoms with Gasteiger partial charge in [0, 0.05) is 30.5 Å². The summed E-state index contributed by atoms with van der Waals surface area (Å²) in [5, 5.41) is 12.2. The molecule has 5 aromatic rings. The van der Waals surface area contributed by atoms with E-state index in [-0.39, 0.29) is 5.91 Å². The minimum Gasteiger partial charge on any atom is -0.352 e. The van der Waals surface area contributed by atoms with Crippen LogP contribution in [0.4, 0.5) is 0 Å². The molecule has 0 saturated heterocycles. The Labute approximate surface area is 182 Å². The number of hydrogen-bond donors (Lipinski definition) is 2. The van der Waals surface area contributed by atoms with Gasteiger partial charge in [-0.25, -0.2) is 4.98 Å². The number of rotatable bonds is 7. The Morgan fingerprint density at radius 1 is 1.00 bits per heavy atom. The van der Waals surface area contributed by atoms with Crippen LogP contribution in [0.2, 0.25) is 0 Å². The van der Waals surface area contributed by atoms with Crippen molar-refractivity contribution >= 4 is 34.3 Å².